The monoisotopic (exact) mass is 452 g/mol. The van der Waals surface area contributed by atoms with Crippen LogP contribution in [0.2, 0.25) is 0 Å². The summed E-state index contributed by atoms with van der Waals surface area (Å²) in [5.74, 6) is 2.34. The lowest BCUT2D eigenvalue weighted by atomic mass is 9.96. The van der Waals surface area contributed by atoms with Gasteiger partial charge in [0.2, 0.25) is 11.8 Å². The molecule has 164 valence electrons. The highest BCUT2D eigenvalue weighted by Crippen LogP contribution is 2.29. The fourth-order valence-electron chi connectivity index (χ4n) is 3.49. The van der Waals surface area contributed by atoms with Gasteiger partial charge in [-0.25, -0.2) is 9.37 Å². The Morgan fingerprint density at radius 1 is 1.16 bits per heavy atom. The Morgan fingerprint density at radius 3 is 2.66 bits per heavy atom. The average Bonchev–Trinajstić information content (AvgIpc) is 3.45. The van der Waals surface area contributed by atoms with E-state index in [0.29, 0.717) is 24.1 Å². The summed E-state index contributed by atoms with van der Waals surface area (Å²) in [7, 11) is 1.63. The number of methoxy groups -OCH3 is 1. The van der Waals surface area contributed by atoms with E-state index in [2.05, 4.69) is 15.2 Å². The fraction of sp³-hybridized carbons (Fsp3) is 0.208. The molecule has 8 heteroatoms. The molecule has 0 aliphatic carbocycles. The molecule has 0 fully saturated rings. The summed E-state index contributed by atoms with van der Waals surface area (Å²) in [6.07, 6.45) is 7.86. The molecule has 2 aromatic carbocycles. The van der Waals surface area contributed by atoms with E-state index in [-0.39, 0.29) is 11.7 Å². The van der Waals surface area contributed by atoms with Gasteiger partial charge >= 0.3 is 0 Å². The van der Waals surface area contributed by atoms with E-state index >= 15 is 0 Å². The zero-order valence-corrected chi connectivity index (χ0v) is 18.5. The maximum absolute atomic E-state index is 13.3. The Bertz CT molecular complexity index is 1220. The highest BCUT2D eigenvalue weighted by atomic mass is 35.5. The molecule has 32 heavy (non-hydrogen) atoms. The number of nitrogens with zero attached hydrogens (tertiary/aromatic N) is 4. The molecule has 0 spiro atoms. The van der Waals surface area contributed by atoms with Crippen LogP contribution in [0.5, 0.6) is 5.75 Å². The number of benzene rings is 2. The van der Waals surface area contributed by atoms with Gasteiger partial charge < -0.3 is 13.7 Å². The van der Waals surface area contributed by atoms with Crippen LogP contribution in [0.4, 0.5) is 4.39 Å². The lowest BCUT2D eigenvalue weighted by Crippen LogP contribution is -2.03. The first-order chi connectivity index (χ1) is 15.6. The van der Waals surface area contributed by atoms with Gasteiger partial charge in [0, 0.05) is 24.3 Å². The number of aromatic nitrogens is 4. The topological polar surface area (TPSA) is 66.0 Å². The fourth-order valence-corrected chi connectivity index (χ4v) is 3.71. The standard InChI is InChI=1S/C24H22ClFN4O2/c1-16-27-13-14-30(16)21-9-3-17(15-22(21)31-2)4-10-23-28-29-24(32-23)20(11-12-25)18-5-7-19(26)8-6-18/h3-10,13-15,20H,11-12H2,1-2H3/b10-4+. The van der Waals surface area contributed by atoms with Crippen molar-refractivity contribution in [3.05, 3.63) is 89.4 Å². The highest BCUT2D eigenvalue weighted by molar-refractivity contribution is 6.17. The van der Waals surface area contributed by atoms with Crippen LogP contribution in [-0.4, -0.2) is 32.7 Å². The van der Waals surface area contributed by atoms with Gasteiger partial charge in [-0.05, 0) is 54.8 Å². The average molecular weight is 453 g/mol. The minimum Gasteiger partial charge on any atom is -0.495 e. The number of imidazole rings is 1. The van der Waals surface area contributed by atoms with Crippen LogP contribution in [0.3, 0.4) is 0 Å². The molecule has 1 atom stereocenters. The summed E-state index contributed by atoms with van der Waals surface area (Å²) in [6.45, 7) is 1.93. The van der Waals surface area contributed by atoms with Crippen molar-refractivity contribution in [2.75, 3.05) is 13.0 Å². The zero-order chi connectivity index (χ0) is 22.5. The van der Waals surface area contributed by atoms with E-state index in [9.17, 15) is 4.39 Å². The third kappa shape index (κ3) is 4.73. The molecule has 6 nitrogen and oxygen atoms in total. The van der Waals surface area contributed by atoms with Gasteiger partial charge in [0.1, 0.15) is 17.4 Å². The van der Waals surface area contributed by atoms with Gasteiger partial charge in [-0.15, -0.1) is 21.8 Å². The van der Waals surface area contributed by atoms with Crippen molar-refractivity contribution in [1.29, 1.82) is 0 Å². The van der Waals surface area contributed by atoms with Crippen molar-refractivity contribution in [2.24, 2.45) is 0 Å². The third-order valence-corrected chi connectivity index (χ3v) is 5.35. The van der Waals surface area contributed by atoms with Crippen LogP contribution < -0.4 is 4.74 Å². The normalized spacial score (nSPS) is 12.4. The predicted octanol–water partition coefficient (Wildman–Crippen LogP) is 5.64. The maximum Gasteiger partial charge on any atom is 0.240 e. The molecule has 4 aromatic rings. The Kier molecular flexibility index (Phi) is 6.66. The second-order valence-corrected chi connectivity index (χ2v) is 7.55. The second kappa shape index (κ2) is 9.78. The molecule has 0 amide bonds. The smallest absolute Gasteiger partial charge is 0.240 e. The van der Waals surface area contributed by atoms with Crippen molar-refractivity contribution in [3.8, 4) is 11.4 Å². The number of rotatable bonds is 8. The maximum atomic E-state index is 13.3. The van der Waals surface area contributed by atoms with E-state index in [4.69, 9.17) is 20.8 Å². The molecule has 0 aliphatic heterocycles. The first kappa shape index (κ1) is 21.8. The van der Waals surface area contributed by atoms with Crippen LogP contribution in [0.15, 0.2) is 59.3 Å². The molecule has 0 bridgehead atoms. The first-order valence-electron chi connectivity index (χ1n) is 10.1. The van der Waals surface area contributed by atoms with Crippen molar-refractivity contribution >= 4 is 23.8 Å². The minimum atomic E-state index is -0.294. The van der Waals surface area contributed by atoms with E-state index in [1.807, 2.05) is 42.0 Å². The van der Waals surface area contributed by atoms with Crippen molar-refractivity contribution < 1.29 is 13.5 Å². The van der Waals surface area contributed by atoms with Crippen LogP contribution in [0.1, 0.15) is 41.1 Å². The summed E-state index contributed by atoms with van der Waals surface area (Å²) in [4.78, 5) is 4.26. The lowest BCUT2D eigenvalue weighted by molar-refractivity contribution is 0.412. The number of hydrogen-bond acceptors (Lipinski definition) is 5. The predicted molar refractivity (Wildman–Crippen MR) is 122 cm³/mol. The SMILES string of the molecule is COc1cc(/C=C/c2nnc(C(CCCl)c3ccc(F)cc3)o2)ccc1-n1ccnc1C. The van der Waals surface area contributed by atoms with Crippen molar-refractivity contribution in [2.45, 2.75) is 19.3 Å². The molecule has 2 heterocycles. The molecule has 0 N–H and O–H groups in total. The quantitative estimate of drug-likeness (QED) is 0.323. The van der Waals surface area contributed by atoms with E-state index < -0.39 is 0 Å². The van der Waals surface area contributed by atoms with E-state index in [1.165, 1.54) is 12.1 Å². The summed E-state index contributed by atoms with van der Waals surface area (Å²) in [6, 6.07) is 12.1. The summed E-state index contributed by atoms with van der Waals surface area (Å²) in [5, 5.41) is 8.31. The lowest BCUT2D eigenvalue weighted by Gasteiger charge is -2.11. The third-order valence-electron chi connectivity index (χ3n) is 5.13. The Morgan fingerprint density at radius 2 is 1.97 bits per heavy atom. The van der Waals surface area contributed by atoms with Crippen LogP contribution in [0.25, 0.3) is 17.8 Å². The van der Waals surface area contributed by atoms with Gasteiger partial charge in [0.05, 0.1) is 18.7 Å². The summed E-state index contributed by atoms with van der Waals surface area (Å²) in [5.41, 5.74) is 2.70. The van der Waals surface area contributed by atoms with Crippen LogP contribution >= 0.6 is 11.6 Å². The van der Waals surface area contributed by atoms with Crippen molar-refractivity contribution in [1.82, 2.24) is 19.7 Å². The van der Waals surface area contributed by atoms with Crippen LogP contribution in [-0.2, 0) is 0 Å². The Hall–Kier alpha value is -3.45. The number of halogens is 2. The van der Waals surface area contributed by atoms with Crippen molar-refractivity contribution in [3.63, 3.8) is 0 Å². The molecular weight excluding hydrogens is 431 g/mol. The second-order valence-electron chi connectivity index (χ2n) is 7.17. The van der Waals surface area contributed by atoms with Gasteiger partial charge in [0.15, 0.2) is 0 Å². The Balaban J connectivity index is 1.55. The number of alkyl halides is 1. The number of aryl methyl sites for hydroxylation is 1. The minimum absolute atomic E-state index is 0.194. The first-order valence-corrected chi connectivity index (χ1v) is 10.6. The molecule has 0 aliphatic rings. The molecular formula is C24H22ClFN4O2. The summed E-state index contributed by atoms with van der Waals surface area (Å²) < 4.78 is 26.7. The zero-order valence-electron chi connectivity index (χ0n) is 17.7. The van der Waals surface area contributed by atoms with E-state index in [1.54, 1.807) is 31.5 Å². The molecule has 1 unspecified atom stereocenters. The Labute approximate surface area is 190 Å². The van der Waals surface area contributed by atoms with Gasteiger partial charge in [0.25, 0.3) is 0 Å². The summed E-state index contributed by atoms with van der Waals surface area (Å²) >= 11 is 5.97. The number of ether oxygens (including phenoxy) is 1. The highest BCUT2D eigenvalue weighted by Gasteiger charge is 2.20. The molecule has 2 aromatic heterocycles. The van der Waals surface area contributed by atoms with Gasteiger partial charge in [-0.3, -0.25) is 0 Å². The number of hydrogen-bond donors (Lipinski definition) is 0. The molecule has 4 rings (SSSR count). The van der Waals surface area contributed by atoms with E-state index in [0.717, 1.165) is 28.4 Å². The van der Waals surface area contributed by atoms with Crippen LogP contribution in [0, 0.1) is 12.7 Å². The largest absolute Gasteiger partial charge is 0.495 e. The molecule has 0 saturated heterocycles. The van der Waals surface area contributed by atoms with Gasteiger partial charge in [-0.1, -0.05) is 18.2 Å². The molecule has 0 radical (unpaired) electrons. The molecule has 0 saturated carbocycles. The van der Waals surface area contributed by atoms with Gasteiger partial charge in [-0.2, -0.15) is 0 Å².